The number of thiophene rings is 1. The Bertz CT molecular complexity index is 1010. The quantitative estimate of drug-likeness (QED) is 0.479. The number of nitrogens with zero attached hydrogens (tertiary/aromatic N) is 2. The van der Waals surface area contributed by atoms with Crippen molar-refractivity contribution in [1.82, 2.24) is 9.97 Å². The lowest BCUT2D eigenvalue weighted by molar-refractivity contribution is -0.115. The Kier molecular flexibility index (Phi) is 5.19. The Morgan fingerprint density at radius 2 is 2.04 bits per heavy atom. The number of nitrogens with one attached hydrogen (secondary N) is 1. The minimum atomic E-state index is -0.233. The lowest BCUT2D eigenvalue weighted by atomic mass is 9.97. The maximum absolute atomic E-state index is 12.7. The second kappa shape index (κ2) is 7.60. The van der Waals surface area contributed by atoms with E-state index in [0.29, 0.717) is 0 Å². The van der Waals surface area contributed by atoms with Crippen molar-refractivity contribution >= 4 is 44.9 Å². The number of hydrogen-bond donors (Lipinski definition) is 1. The molecule has 1 aliphatic rings. The van der Waals surface area contributed by atoms with E-state index in [1.165, 1.54) is 46.0 Å². The SMILES string of the molecule is Cc1ccc(NC(=O)[C@H](C)Sc2ncnc3sc4c(c23)CCCC4)c(C)c1. The normalized spacial score (nSPS) is 14.8. The number of hydrogen-bond acceptors (Lipinski definition) is 5. The zero-order valence-electron chi connectivity index (χ0n) is 15.8. The van der Waals surface area contributed by atoms with Crippen LogP contribution in [-0.2, 0) is 17.6 Å². The molecule has 0 bridgehead atoms. The summed E-state index contributed by atoms with van der Waals surface area (Å²) >= 11 is 3.32. The molecular formula is C21H23N3OS2. The molecule has 4 nitrogen and oxygen atoms in total. The summed E-state index contributed by atoms with van der Waals surface area (Å²) in [7, 11) is 0. The van der Waals surface area contributed by atoms with Gasteiger partial charge in [0.25, 0.3) is 0 Å². The van der Waals surface area contributed by atoms with Gasteiger partial charge in [0.1, 0.15) is 16.2 Å². The first kappa shape index (κ1) is 18.4. The second-order valence-electron chi connectivity index (χ2n) is 7.14. The van der Waals surface area contributed by atoms with E-state index in [9.17, 15) is 4.79 Å². The molecule has 0 radical (unpaired) electrons. The van der Waals surface area contributed by atoms with Gasteiger partial charge in [-0.25, -0.2) is 9.97 Å². The number of amides is 1. The molecule has 3 aromatic rings. The first-order valence-electron chi connectivity index (χ1n) is 9.33. The van der Waals surface area contributed by atoms with E-state index in [4.69, 9.17) is 0 Å². The molecular weight excluding hydrogens is 374 g/mol. The second-order valence-corrected chi connectivity index (χ2v) is 9.55. The van der Waals surface area contributed by atoms with E-state index in [0.717, 1.165) is 33.9 Å². The van der Waals surface area contributed by atoms with Gasteiger partial charge < -0.3 is 5.32 Å². The van der Waals surface area contributed by atoms with Crippen LogP contribution in [0.3, 0.4) is 0 Å². The number of rotatable bonds is 4. The van der Waals surface area contributed by atoms with Gasteiger partial charge in [0.15, 0.2) is 0 Å². The number of carbonyl (C=O) groups is 1. The van der Waals surface area contributed by atoms with E-state index in [2.05, 4.69) is 28.3 Å². The van der Waals surface area contributed by atoms with Crippen LogP contribution < -0.4 is 5.32 Å². The van der Waals surface area contributed by atoms with Crippen LogP contribution in [0.5, 0.6) is 0 Å². The largest absolute Gasteiger partial charge is 0.325 e. The summed E-state index contributed by atoms with van der Waals surface area (Å²) < 4.78 is 0. The summed E-state index contributed by atoms with van der Waals surface area (Å²) in [5, 5.41) is 4.94. The molecule has 1 atom stereocenters. The summed E-state index contributed by atoms with van der Waals surface area (Å²) in [5.74, 6) is 0.00260. The van der Waals surface area contributed by atoms with Gasteiger partial charge in [-0.05, 0) is 63.6 Å². The average molecular weight is 398 g/mol. The molecule has 1 aromatic carbocycles. The molecule has 0 unspecified atom stereocenters. The Hall–Kier alpha value is -1.92. The topological polar surface area (TPSA) is 54.9 Å². The van der Waals surface area contributed by atoms with Crippen molar-refractivity contribution in [3.05, 3.63) is 46.1 Å². The van der Waals surface area contributed by atoms with Crippen molar-refractivity contribution in [1.29, 1.82) is 0 Å². The van der Waals surface area contributed by atoms with Crippen LogP contribution in [0.1, 0.15) is 41.3 Å². The first-order valence-corrected chi connectivity index (χ1v) is 11.0. The minimum absolute atomic E-state index is 0.00260. The molecule has 1 aliphatic carbocycles. The van der Waals surface area contributed by atoms with Crippen molar-refractivity contribution in [2.45, 2.75) is 56.7 Å². The van der Waals surface area contributed by atoms with Crippen molar-refractivity contribution < 1.29 is 4.79 Å². The fourth-order valence-electron chi connectivity index (χ4n) is 3.56. The van der Waals surface area contributed by atoms with Crippen molar-refractivity contribution in [3.63, 3.8) is 0 Å². The van der Waals surface area contributed by atoms with Gasteiger partial charge in [-0.15, -0.1) is 11.3 Å². The third kappa shape index (κ3) is 3.73. The van der Waals surface area contributed by atoms with E-state index in [-0.39, 0.29) is 11.2 Å². The fourth-order valence-corrected chi connectivity index (χ4v) is 5.80. The van der Waals surface area contributed by atoms with Gasteiger partial charge >= 0.3 is 0 Å². The van der Waals surface area contributed by atoms with Crippen LogP contribution in [0.2, 0.25) is 0 Å². The Balaban J connectivity index is 1.56. The molecule has 1 amide bonds. The van der Waals surface area contributed by atoms with Gasteiger partial charge in [0.05, 0.1) is 5.25 Å². The molecule has 4 rings (SSSR count). The number of aryl methyl sites for hydroxylation is 4. The van der Waals surface area contributed by atoms with E-state index in [1.807, 2.05) is 26.0 Å². The predicted octanol–water partition coefficient (Wildman–Crippen LogP) is 5.31. The van der Waals surface area contributed by atoms with Crippen LogP contribution in [0.4, 0.5) is 5.69 Å². The number of aromatic nitrogens is 2. The Labute approximate surface area is 167 Å². The zero-order valence-corrected chi connectivity index (χ0v) is 17.5. The highest BCUT2D eigenvalue weighted by Crippen LogP contribution is 2.40. The molecule has 0 spiro atoms. The maximum atomic E-state index is 12.7. The van der Waals surface area contributed by atoms with Crippen molar-refractivity contribution in [2.75, 3.05) is 5.32 Å². The maximum Gasteiger partial charge on any atom is 0.237 e. The van der Waals surface area contributed by atoms with Gasteiger partial charge in [0.2, 0.25) is 5.91 Å². The van der Waals surface area contributed by atoms with Crippen LogP contribution in [-0.4, -0.2) is 21.1 Å². The average Bonchev–Trinajstić information content (AvgIpc) is 3.03. The van der Waals surface area contributed by atoms with E-state index < -0.39 is 0 Å². The summed E-state index contributed by atoms with van der Waals surface area (Å²) in [4.78, 5) is 24.3. The third-order valence-corrected chi connectivity index (χ3v) is 7.31. The fraction of sp³-hybridized carbons (Fsp3) is 0.381. The van der Waals surface area contributed by atoms with Crippen LogP contribution in [0.25, 0.3) is 10.2 Å². The van der Waals surface area contributed by atoms with Crippen LogP contribution >= 0.6 is 23.1 Å². The predicted molar refractivity (Wildman–Crippen MR) is 114 cm³/mol. The van der Waals surface area contributed by atoms with Crippen LogP contribution in [0.15, 0.2) is 29.6 Å². The molecule has 0 saturated carbocycles. The highest BCUT2D eigenvalue weighted by molar-refractivity contribution is 8.00. The number of carbonyl (C=O) groups excluding carboxylic acids is 1. The van der Waals surface area contributed by atoms with Gasteiger partial charge in [0, 0.05) is 16.0 Å². The van der Waals surface area contributed by atoms with Crippen molar-refractivity contribution in [3.8, 4) is 0 Å². The molecule has 140 valence electrons. The van der Waals surface area contributed by atoms with Crippen LogP contribution in [0, 0.1) is 13.8 Å². The van der Waals surface area contributed by atoms with Gasteiger partial charge in [-0.3, -0.25) is 4.79 Å². The lowest BCUT2D eigenvalue weighted by Gasteiger charge is -2.15. The van der Waals surface area contributed by atoms with E-state index in [1.54, 1.807) is 17.7 Å². The number of anilines is 1. The highest BCUT2D eigenvalue weighted by Gasteiger charge is 2.23. The smallest absolute Gasteiger partial charge is 0.237 e. The van der Waals surface area contributed by atoms with Crippen molar-refractivity contribution in [2.24, 2.45) is 0 Å². The van der Waals surface area contributed by atoms with E-state index >= 15 is 0 Å². The lowest BCUT2D eigenvalue weighted by Crippen LogP contribution is -2.23. The molecule has 6 heteroatoms. The Morgan fingerprint density at radius 3 is 2.85 bits per heavy atom. The zero-order chi connectivity index (χ0) is 19.0. The number of fused-ring (bicyclic) bond motifs is 3. The molecule has 0 fully saturated rings. The first-order chi connectivity index (χ1) is 13.0. The standard InChI is InChI=1S/C21H23N3OS2/c1-12-8-9-16(13(2)10-12)24-19(25)14(3)26-20-18-15-6-4-5-7-17(15)27-21(18)23-11-22-20/h8-11,14H,4-7H2,1-3H3,(H,24,25)/t14-/m0/s1. The van der Waals surface area contributed by atoms with Gasteiger partial charge in [-0.2, -0.15) is 0 Å². The van der Waals surface area contributed by atoms with Gasteiger partial charge in [-0.1, -0.05) is 29.5 Å². The molecule has 0 saturated heterocycles. The summed E-state index contributed by atoms with van der Waals surface area (Å²) in [6, 6.07) is 6.07. The summed E-state index contributed by atoms with van der Waals surface area (Å²) in [5.41, 5.74) is 4.56. The molecule has 0 aliphatic heterocycles. The molecule has 27 heavy (non-hydrogen) atoms. The molecule has 1 N–H and O–H groups in total. The molecule has 2 heterocycles. The third-order valence-electron chi connectivity index (χ3n) is 5.01. The molecule has 2 aromatic heterocycles. The number of benzene rings is 1. The monoisotopic (exact) mass is 397 g/mol. The summed E-state index contributed by atoms with van der Waals surface area (Å²) in [6.45, 7) is 6.02. The summed E-state index contributed by atoms with van der Waals surface area (Å²) in [6.07, 6.45) is 6.34. The highest BCUT2D eigenvalue weighted by atomic mass is 32.2. The minimum Gasteiger partial charge on any atom is -0.325 e. The number of thioether (sulfide) groups is 1. The Morgan fingerprint density at radius 1 is 1.22 bits per heavy atom.